The van der Waals surface area contributed by atoms with Crippen LogP contribution >= 0.6 is 0 Å². The van der Waals surface area contributed by atoms with Gasteiger partial charge in [-0.2, -0.15) is 0 Å². The summed E-state index contributed by atoms with van der Waals surface area (Å²) in [5.74, 6) is 0.629. The molecule has 1 aliphatic rings. The summed E-state index contributed by atoms with van der Waals surface area (Å²) in [5.41, 5.74) is 2.62. The number of ether oxygens (including phenoxy) is 2. The summed E-state index contributed by atoms with van der Waals surface area (Å²) in [7, 11) is 1.66. The van der Waals surface area contributed by atoms with E-state index >= 15 is 0 Å². The Bertz CT molecular complexity index is 1450. The molecule has 3 aromatic heterocycles. The number of aromatic amines is 1. The van der Waals surface area contributed by atoms with Gasteiger partial charge >= 0.3 is 0 Å². The fourth-order valence-electron chi connectivity index (χ4n) is 4.14. The van der Waals surface area contributed by atoms with E-state index in [1.807, 2.05) is 0 Å². The largest absolute Gasteiger partial charge is 0.455 e. The number of nitrogens with zero attached hydrogens (tertiary/aromatic N) is 2. The standard InChI is InChI=1S/C24H22FN3O4/c1-13-6-15(25)7-14(2)23(13)32-20-10-28(16-11-31-12-16)21(29)8-18(20)19-9-27(3)24(30)22-17(19)4-5-26-22/h4-10,16,26H,11-12H2,1-3H3. The molecule has 0 aliphatic carbocycles. The van der Waals surface area contributed by atoms with Gasteiger partial charge in [0.1, 0.15) is 17.1 Å². The number of H-pyrrole nitrogens is 1. The number of hydrogen-bond donors (Lipinski definition) is 1. The predicted octanol–water partition coefficient (Wildman–Crippen LogP) is 3.81. The molecule has 0 radical (unpaired) electrons. The van der Waals surface area contributed by atoms with E-state index in [1.54, 1.807) is 50.1 Å². The van der Waals surface area contributed by atoms with Gasteiger partial charge in [0.2, 0.25) is 0 Å². The van der Waals surface area contributed by atoms with Gasteiger partial charge in [-0.1, -0.05) is 0 Å². The van der Waals surface area contributed by atoms with Crippen molar-refractivity contribution >= 4 is 10.9 Å². The average molecular weight is 435 g/mol. The third-order valence-electron chi connectivity index (χ3n) is 5.88. The van der Waals surface area contributed by atoms with Crippen LogP contribution < -0.4 is 15.9 Å². The smallest absolute Gasteiger partial charge is 0.274 e. The summed E-state index contributed by atoms with van der Waals surface area (Å²) in [6, 6.07) is 6.08. The molecule has 4 heterocycles. The van der Waals surface area contributed by atoms with Gasteiger partial charge in [0.15, 0.2) is 5.75 Å². The number of aromatic nitrogens is 3. The van der Waals surface area contributed by atoms with E-state index in [0.717, 1.165) is 0 Å². The minimum absolute atomic E-state index is 0.0679. The Labute approximate surface area is 182 Å². The Morgan fingerprint density at radius 3 is 2.47 bits per heavy atom. The summed E-state index contributed by atoms with van der Waals surface area (Å²) >= 11 is 0. The minimum Gasteiger partial charge on any atom is -0.455 e. The maximum absolute atomic E-state index is 13.8. The lowest BCUT2D eigenvalue weighted by Gasteiger charge is -2.29. The molecule has 0 bridgehead atoms. The van der Waals surface area contributed by atoms with Crippen LogP contribution in [0.5, 0.6) is 11.5 Å². The molecule has 1 N–H and O–H groups in total. The molecule has 0 unspecified atom stereocenters. The topological polar surface area (TPSA) is 78.2 Å². The van der Waals surface area contributed by atoms with Crippen LogP contribution in [0, 0.1) is 19.7 Å². The first-order valence-corrected chi connectivity index (χ1v) is 10.3. The Morgan fingerprint density at radius 1 is 1.09 bits per heavy atom. The number of fused-ring (bicyclic) bond motifs is 1. The number of aryl methyl sites for hydroxylation is 3. The molecule has 1 saturated heterocycles. The lowest BCUT2D eigenvalue weighted by atomic mass is 10.0. The molecule has 0 atom stereocenters. The third-order valence-corrected chi connectivity index (χ3v) is 5.88. The van der Waals surface area contributed by atoms with Gasteiger partial charge in [-0.25, -0.2) is 4.39 Å². The first-order chi connectivity index (χ1) is 15.3. The van der Waals surface area contributed by atoms with Crippen molar-refractivity contribution in [2.75, 3.05) is 13.2 Å². The first kappa shape index (κ1) is 20.3. The average Bonchev–Trinajstić information content (AvgIpc) is 3.18. The fourth-order valence-corrected chi connectivity index (χ4v) is 4.14. The maximum atomic E-state index is 13.8. The summed E-state index contributed by atoms with van der Waals surface area (Å²) in [6.45, 7) is 4.46. The van der Waals surface area contributed by atoms with Crippen molar-refractivity contribution in [2.45, 2.75) is 19.9 Å². The van der Waals surface area contributed by atoms with Crippen molar-refractivity contribution < 1.29 is 13.9 Å². The number of pyridine rings is 2. The van der Waals surface area contributed by atoms with Crippen molar-refractivity contribution in [3.8, 4) is 22.6 Å². The van der Waals surface area contributed by atoms with Crippen LogP contribution in [-0.4, -0.2) is 27.3 Å². The van der Waals surface area contributed by atoms with Crippen LogP contribution in [0.15, 0.2) is 52.4 Å². The molecule has 7 nitrogen and oxygen atoms in total. The minimum atomic E-state index is -0.337. The zero-order valence-electron chi connectivity index (χ0n) is 17.9. The predicted molar refractivity (Wildman–Crippen MR) is 119 cm³/mol. The highest BCUT2D eigenvalue weighted by Gasteiger charge is 2.25. The molecular formula is C24H22FN3O4. The zero-order chi connectivity index (χ0) is 22.6. The van der Waals surface area contributed by atoms with Gasteiger partial charge in [0.25, 0.3) is 11.1 Å². The molecule has 1 aliphatic heterocycles. The molecule has 0 saturated carbocycles. The molecule has 164 valence electrons. The van der Waals surface area contributed by atoms with Gasteiger partial charge in [-0.3, -0.25) is 9.59 Å². The molecule has 1 aromatic carbocycles. The van der Waals surface area contributed by atoms with Crippen molar-refractivity contribution in [1.29, 1.82) is 0 Å². The quantitative estimate of drug-likeness (QED) is 0.529. The number of hydrogen-bond acceptors (Lipinski definition) is 4. The van der Waals surface area contributed by atoms with E-state index in [1.165, 1.54) is 22.8 Å². The second-order valence-electron chi connectivity index (χ2n) is 8.18. The third kappa shape index (κ3) is 3.23. The monoisotopic (exact) mass is 435 g/mol. The molecule has 8 heteroatoms. The van der Waals surface area contributed by atoms with E-state index in [4.69, 9.17) is 9.47 Å². The summed E-state index contributed by atoms with van der Waals surface area (Å²) in [5, 5.41) is 0.689. The van der Waals surface area contributed by atoms with Crippen LogP contribution in [0.4, 0.5) is 4.39 Å². The Balaban J connectivity index is 1.76. The van der Waals surface area contributed by atoms with Gasteiger partial charge in [-0.15, -0.1) is 0 Å². The van der Waals surface area contributed by atoms with Crippen LogP contribution in [0.25, 0.3) is 22.0 Å². The number of benzene rings is 1. The highest BCUT2D eigenvalue weighted by atomic mass is 19.1. The second-order valence-corrected chi connectivity index (χ2v) is 8.18. The zero-order valence-corrected chi connectivity index (χ0v) is 17.9. The van der Waals surface area contributed by atoms with Crippen LogP contribution in [0.2, 0.25) is 0 Å². The van der Waals surface area contributed by atoms with Gasteiger partial charge < -0.3 is 23.6 Å². The molecule has 5 rings (SSSR count). The SMILES string of the molecule is Cc1cc(F)cc(C)c1Oc1cn(C2COC2)c(=O)cc1-c1cn(C)c(=O)c2[nH]ccc12. The maximum Gasteiger partial charge on any atom is 0.274 e. The summed E-state index contributed by atoms with van der Waals surface area (Å²) < 4.78 is 28.5. The lowest BCUT2D eigenvalue weighted by molar-refractivity contribution is -0.0249. The first-order valence-electron chi connectivity index (χ1n) is 10.3. The molecule has 4 aromatic rings. The highest BCUT2D eigenvalue weighted by Crippen LogP contribution is 2.38. The van der Waals surface area contributed by atoms with E-state index in [0.29, 0.717) is 57.9 Å². The van der Waals surface area contributed by atoms with E-state index in [2.05, 4.69) is 4.98 Å². The van der Waals surface area contributed by atoms with Crippen LogP contribution in [0.1, 0.15) is 17.2 Å². The van der Waals surface area contributed by atoms with Crippen LogP contribution in [-0.2, 0) is 11.8 Å². The Kier molecular flexibility index (Phi) is 4.74. The lowest BCUT2D eigenvalue weighted by Crippen LogP contribution is -2.37. The van der Waals surface area contributed by atoms with Crippen molar-refractivity contribution in [3.63, 3.8) is 0 Å². The number of rotatable bonds is 4. The Hall–Kier alpha value is -3.65. The summed E-state index contributed by atoms with van der Waals surface area (Å²) in [4.78, 5) is 28.5. The highest BCUT2D eigenvalue weighted by molar-refractivity contribution is 5.95. The molecule has 1 fully saturated rings. The number of nitrogens with one attached hydrogen (secondary N) is 1. The summed E-state index contributed by atoms with van der Waals surface area (Å²) in [6.07, 6.45) is 5.06. The number of halogens is 1. The van der Waals surface area contributed by atoms with E-state index in [9.17, 15) is 14.0 Å². The van der Waals surface area contributed by atoms with Gasteiger partial charge in [-0.05, 0) is 43.2 Å². The Morgan fingerprint density at radius 2 is 1.81 bits per heavy atom. The molecule has 0 spiro atoms. The molecular weight excluding hydrogens is 413 g/mol. The van der Waals surface area contributed by atoms with Crippen molar-refractivity contribution in [1.82, 2.24) is 14.1 Å². The molecule has 0 amide bonds. The van der Waals surface area contributed by atoms with Crippen molar-refractivity contribution in [2.24, 2.45) is 7.05 Å². The second kappa shape index (κ2) is 7.49. The van der Waals surface area contributed by atoms with Crippen LogP contribution in [0.3, 0.4) is 0 Å². The van der Waals surface area contributed by atoms with Gasteiger partial charge in [0, 0.05) is 42.0 Å². The van der Waals surface area contributed by atoms with E-state index < -0.39 is 0 Å². The normalized spacial score (nSPS) is 14.0. The van der Waals surface area contributed by atoms with E-state index in [-0.39, 0.29) is 23.0 Å². The van der Waals surface area contributed by atoms with Gasteiger partial charge in [0.05, 0.1) is 25.5 Å². The molecule has 32 heavy (non-hydrogen) atoms. The fraction of sp³-hybridized carbons (Fsp3) is 0.250. The van der Waals surface area contributed by atoms with Crippen molar-refractivity contribution in [3.05, 3.63) is 80.5 Å².